The SMILES string of the molecule is CCCCCCCCCCCCOC(=O)CCC(=O)OCc1cccc(C)c1[N+](=O)[O-]. The Morgan fingerprint density at radius 3 is 2.00 bits per heavy atom. The fraction of sp³-hybridized carbons (Fsp3) is 0.667. The molecule has 1 rings (SSSR count). The minimum absolute atomic E-state index is 0.0491. The summed E-state index contributed by atoms with van der Waals surface area (Å²) < 4.78 is 10.2. The van der Waals surface area contributed by atoms with Crippen molar-refractivity contribution in [1.29, 1.82) is 0 Å². The summed E-state index contributed by atoms with van der Waals surface area (Å²) in [6, 6.07) is 4.86. The van der Waals surface area contributed by atoms with Gasteiger partial charge in [0.05, 0.1) is 29.9 Å². The maximum atomic E-state index is 11.8. The average Bonchev–Trinajstić information content (AvgIpc) is 2.74. The lowest BCUT2D eigenvalue weighted by Crippen LogP contribution is -2.11. The van der Waals surface area contributed by atoms with E-state index in [1.807, 2.05) is 0 Å². The zero-order valence-corrected chi connectivity index (χ0v) is 19.0. The van der Waals surface area contributed by atoms with E-state index in [2.05, 4.69) is 6.92 Å². The van der Waals surface area contributed by atoms with Crippen LogP contribution in [0.3, 0.4) is 0 Å². The predicted molar refractivity (Wildman–Crippen MR) is 120 cm³/mol. The highest BCUT2D eigenvalue weighted by Crippen LogP contribution is 2.23. The second-order valence-electron chi connectivity index (χ2n) is 7.90. The number of carbonyl (C=O) groups is 2. The van der Waals surface area contributed by atoms with Crippen LogP contribution < -0.4 is 0 Å². The molecule has 0 radical (unpaired) electrons. The van der Waals surface area contributed by atoms with Crippen LogP contribution in [-0.2, 0) is 25.7 Å². The molecule has 7 heteroatoms. The zero-order valence-electron chi connectivity index (χ0n) is 19.0. The summed E-state index contributed by atoms with van der Waals surface area (Å²) in [5.74, 6) is -0.999. The van der Waals surface area contributed by atoms with Crippen molar-refractivity contribution in [3.8, 4) is 0 Å². The number of unbranched alkanes of at least 4 members (excludes halogenated alkanes) is 9. The Hall–Kier alpha value is -2.44. The van der Waals surface area contributed by atoms with Crippen LogP contribution in [0.4, 0.5) is 5.69 Å². The van der Waals surface area contributed by atoms with E-state index >= 15 is 0 Å². The second-order valence-corrected chi connectivity index (χ2v) is 7.90. The van der Waals surface area contributed by atoms with E-state index in [-0.39, 0.29) is 25.1 Å². The van der Waals surface area contributed by atoms with Gasteiger partial charge in [-0.25, -0.2) is 0 Å². The molecule has 0 amide bonds. The highest BCUT2D eigenvalue weighted by Gasteiger charge is 2.18. The molecule has 1 aromatic rings. The van der Waals surface area contributed by atoms with E-state index in [9.17, 15) is 19.7 Å². The van der Waals surface area contributed by atoms with Crippen LogP contribution in [0, 0.1) is 17.0 Å². The molecule has 0 aliphatic rings. The maximum Gasteiger partial charge on any atom is 0.306 e. The summed E-state index contributed by atoms with van der Waals surface area (Å²) in [5.41, 5.74) is 0.794. The molecule has 0 aliphatic carbocycles. The molecular formula is C24H37NO6. The standard InChI is InChI=1S/C24H37NO6/c1-3-4-5-6-7-8-9-10-11-12-18-30-22(26)16-17-23(27)31-19-21-15-13-14-20(2)24(21)25(28)29/h13-15H,3-12,16-19H2,1-2H3. The molecule has 0 heterocycles. The molecule has 1 aromatic carbocycles. The fourth-order valence-electron chi connectivity index (χ4n) is 3.38. The smallest absolute Gasteiger partial charge is 0.306 e. The largest absolute Gasteiger partial charge is 0.466 e. The monoisotopic (exact) mass is 435 g/mol. The maximum absolute atomic E-state index is 11.8. The first-order valence-electron chi connectivity index (χ1n) is 11.5. The van der Waals surface area contributed by atoms with Crippen LogP contribution in [0.5, 0.6) is 0 Å². The lowest BCUT2D eigenvalue weighted by Gasteiger charge is -2.07. The lowest BCUT2D eigenvalue weighted by molar-refractivity contribution is -0.386. The van der Waals surface area contributed by atoms with Gasteiger partial charge in [-0.15, -0.1) is 0 Å². The molecule has 0 N–H and O–H groups in total. The molecule has 174 valence electrons. The van der Waals surface area contributed by atoms with Gasteiger partial charge < -0.3 is 9.47 Å². The van der Waals surface area contributed by atoms with Crippen molar-refractivity contribution < 1.29 is 24.0 Å². The van der Waals surface area contributed by atoms with E-state index in [0.717, 1.165) is 19.3 Å². The first kappa shape index (κ1) is 26.6. The highest BCUT2D eigenvalue weighted by atomic mass is 16.6. The molecule has 0 aromatic heterocycles. The zero-order chi connectivity index (χ0) is 22.9. The molecule has 0 unspecified atom stereocenters. The highest BCUT2D eigenvalue weighted by molar-refractivity contribution is 5.77. The number of nitrogens with zero attached hydrogens (tertiary/aromatic N) is 1. The van der Waals surface area contributed by atoms with Crippen molar-refractivity contribution in [3.63, 3.8) is 0 Å². The number of nitro benzene ring substituents is 1. The Morgan fingerprint density at radius 1 is 0.871 bits per heavy atom. The van der Waals surface area contributed by atoms with Crippen molar-refractivity contribution in [3.05, 3.63) is 39.4 Å². The van der Waals surface area contributed by atoms with Crippen LogP contribution in [0.1, 0.15) is 95.1 Å². The van der Waals surface area contributed by atoms with Crippen molar-refractivity contribution in [2.24, 2.45) is 0 Å². The molecule has 0 spiro atoms. The third kappa shape index (κ3) is 12.1. The number of nitro groups is 1. The number of benzene rings is 1. The van der Waals surface area contributed by atoms with Gasteiger partial charge in [-0.2, -0.15) is 0 Å². The van der Waals surface area contributed by atoms with Crippen molar-refractivity contribution in [2.75, 3.05) is 6.61 Å². The van der Waals surface area contributed by atoms with Crippen molar-refractivity contribution in [2.45, 2.75) is 97.5 Å². The number of rotatable bonds is 17. The molecule has 0 atom stereocenters. The minimum atomic E-state index is -0.577. The number of aryl methyl sites for hydroxylation is 1. The van der Waals surface area contributed by atoms with E-state index in [1.165, 1.54) is 44.9 Å². The molecule has 0 bridgehead atoms. The predicted octanol–water partition coefficient (Wildman–Crippen LogP) is 6.19. The summed E-state index contributed by atoms with van der Waals surface area (Å²) in [7, 11) is 0. The Labute approximate surface area is 185 Å². The molecule has 7 nitrogen and oxygen atoms in total. The fourth-order valence-corrected chi connectivity index (χ4v) is 3.38. The van der Waals surface area contributed by atoms with Gasteiger partial charge in [-0.3, -0.25) is 19.7 Å². The minimum Gasteiger partial charge on any atom is -0.466 e. The Bertz CT molecular complexity index is 689. The summed E-state index contributed by atoms with van der Waals surface area (Å²) in [6.45, 7) is 4.04. The van der Waals surface area contributed by atoms with Gasteiger partial charge in [-0.1, -0.05) is 76.8 Å². The summed E-state index contributed by atoms with van der Waals surface area (Å²) in [4.78, 5) is 34.3. The number of esters is 2. The molecule has 0 fully saturated rings. The van der Waals surface area contributed by atoms with Crippen LogP contribution in [0.15, 0.2) is 18.2 Å². The average molecular weight is 436 g/mol. The van der Waals surface area contributed by atoms with E-state index < -0.39 is 16.9 Å². The van der Waals surface area contributed by atoms with E-state index in [0.29, 0.717) is 17.7 Å². The molecule has 0 saturated carbocycles. The van der Waals surface area contributed by atoms with Gasteiger partial charge in [-0.05, 0) is 19.4 Å². The van der Waals surface area contributed by atoms with Crippen molar-refractivity contribution >= 4 is 17.6 Å². The Kier molecular flexibility index (Phi) is 14.0. The van der Waals surface area contributed by atoms with Gasteiger partial charge in [0.1, 0.15) is 6.61 Å². The normalized spacial score (nSPS) is 10.6. The van der Waals surface area contributed by atoms with Gasteiger partial charge in [0, 0.05) is 5.56 Å². The third-order valence-corrected chi connectivity index (χ3v) is 5.19. The van der Waals surface area contributed by atoms with Crippen LogP contribution in [0.2, 0.25) is 0 Å². The number of carbonyl (C=O) groups excluding carboxylic acids is 2. The van der Waals surface area contributed by atoms with Crippen molar-refractivity contribution in [1.82, 2.24) is 0 Å². The second kappa shape index (κ2) is 16.3. The number of hydrogen-bond acceptors (Lipinski definition) is 6. The van der Waals surface area contributed by atoms with Crippen LogP contribution >= 0.6 is 0 Å². The lowest BCUT2D eigenvalue weighted by atomic mass is 10.1. The quantitative estimate of drug-likeness (QED) is 0.125. The van der Waals surface area contributed by atoms with Gasteiger partial charge in [0.2, 0.25) is 0 Å². The van der Waals surface area contributed by atoms with Crippen LogP contribution in [0.25, 0.3) is 0 Å². The topological polar surface area (TPSA) is 95.7 Å². The molecular weight excluding hydrogens is 398 g/mol. The van der Waals surface area contributed by atoms with Crippen LogP contribution in [-0.4, -0.2) is 23.5 Å². The summed E-state index contributed by atoms with van der Waals surface area (Å²) >= 11 is 0. The third-order valence-electron chi connectivity index (χ3n) is 5.19. The molecule has 0 aliphatic heterocycles. The van der Waals surface area contributed by atoms with Gasteiger partial charge in [0.25, 0.3) is 5.69 Å². The number of para-hydroxylation sites is 1. The van der Waals surface area contributed by atoms with Gasteiger partial charge >= 0.3 is 11.9 Å². The Balaban J connectivity index is 2.08. The van der Waals surface area contributed by atoms with E-state index in [4.69, 9.17) is 9.47 Å². The Morgan fingerprint density at radius 2 is 1.42 bits per heavy atom. The first-order chi connectivity index (χ1) is 15.0. The summed E-state index contributed by atoms with van der Waals surface area (Å²) in [6.07, 6.45) is 12.0. The number of ether oxygens (including phenoxy) is 2. The molecule has 31 heavy (non-hydrogen) atoms. The molecule has 0 saturated heterocycles. The van der Waals surface area contributed by atoms with E-state index in [1.54, 1.807) is 25.1 Å². The van der Waals surface area contributed by atoms with Gasteiger partial charge in [0.15, 0.2) is 0 Å². The summed E-state index contributed by atoms with van der Waals surface area (Å²) in [5, 5.41) is 11.2. The first-order valence-corrected chi connectivity index (χ1v) is 11.5. The number of hydrogen-bond donors (Lipinski definition) is 0.